The molecule has 10 aromatic rings. The molecule has 0 amide bonds. The van der Waals surface area contributed by atoms with Gasteiger partial charge in [0.15, 0.2) is 0 Å². The molecule has 0 radical (unpaired) electrons. The predicted molar refractivity (Wildman–Crippen MR) is 260 cm³/mol. The van der Waals surface area contributed by atoms with Crippen LogP contribution in [0.4, 0.5) is 17.1 Å². The summed E-state index contributed by atoms with van der Waals surface area (Å²) in [6.45, 7) is 9.44. The van der Waals surface area contributed by atoms with Crippen molar-refractivity contribution in [2.24, 2.45) is 0 Å². The molecule has 1 heterocycles. The molecule has 12 rings (SSSR count). The molecular weight excluding hydrogens is 751 g/mol. The Morgan fingerprint density at radius 3 is 1.66 bits per heavy atom. The van der Waals surface area contributed by atoms with Crippen LogP contribution < -0.4 is 4.90 Å². The monoisotopic (exact) mass is 795 g/mol. The molecule has 1 aromatic heterocycles. The number of furan rings is 1. The molecule has 0 saturated heterocycles. The highest BCUT2D eigenvalue weighted by atomic mass is 16.3. The van der Waals surface area contributed by atoms with E-state index in [1.54, 1.807) is 0 Å². The third-order valence-electron chi connectivity index (χ3n) is 13.9. The first-order valence-electron chi connectivity index (χ1n) is 21.8. The van der Waals surface area contributed by atoms with Crippen molar-refractivity contribution >= 4 is 39.0 Å². The van der Waals surface area contributed by atoms with Gasteiger partial charge in [-0.05, 0) is 132 Å². The Labute approximate surface area is 363 Å². The van der Waals surface area contributed by atoms with Crippen LogP contribution in [0.1, 0.15) is 49.9 Å². The van der Waals surface area contributed by atoms with Gasteiger partial charge in [-0.25, -0.2) is 0 Å². The van der Waals surface area contributed by atoms with Crippen LogP contribution in [0.25, 0.3) is 77.6 Å². The maximum Gasteiger partial charge on any atom is 0.136 e. The summed E-state index contributed by atoms with van der Waals surface area (Å²) in [5.41, 5.74) is 23.1. The van der Waals surface area contributed by atoms with Crippen molar-refractivity contribution in [2.45, 2.75) is 38.5 Å². The van der Waals surface area contributed by atoms with E-state index in [1.807, 2.05) is 12.1 Å². The predicted octanol–water partition coefficient (Wildman–Crippen LogP) is 16.7. The largest absolute Gasteiger partial charge is 0.456 e. The van der Waals surface area contributed by atoms with Crippen molar-refractivity contribution < 1.29 is 4.42 Å². The molecule has 9 aromatic carbocycles. The van der Waals surface area contributed by atoms with Gasteiger partial charge < -0.3 is 9.32 Å². The van der Waals surface area contributed by atoms with E-state index in [1.165, 1.54) is 72.3 Å². The molecule has 0 N–H and O–H groups in total. The summed E-state index contributed by atoms with van der Waals surface area (Å²) in [5.74, 6) is 0. The minimum Gasteiger partial charge on any atom is -0.456 e. The first-order valence-corrected chi connectivity index (χ1v) is 21.8. The van der Waals surface area contributed by atoms with Gasteiger partial charge in [0.25, 0.3) is 0 Å². The molecule has 2 heteroatoms. The SMILES string of the molecule is CC1(C)c2ccccc2-c2ccc(-c3ccc(N(c4ccc(-c5cccc6oc7ccccc7c56)cc4)c4cccc(-c5cccc6c5C(C)(C)c5ccccc5-6)c4)cc3)cc21. The number of hydrogen-bond donors (Lipinski definition) is 0. The third-order valence-corrected chi connectivity index (χ3v) is 13.9. The van der Waals surface area contributed by atoms with Gasteiger partial charge in [0.2, 0.25) is 0 Å². The molecule has 2 aliphatic rings. The van der Waals surface area contributed by atoms with E-state index < -0.39 is 0 Å². The van der Waals surface area contributed by atoms with Crippen LogP contribution in [0.3, 0.4) is 0 Å². The van der Waals surface area contributed by atoms with Crippen molar-refractivity contribution in [2.75, 3.05) is 4.90 Å². The van der Waals surface area contributed by atoms with Crippen LogP contribution in [0.2, 0.25) is 0 Å². The van der Waals surface area contributed by atoms with Crippen LogP contribution >= 0.6 is 0 Å². The molecule has 0 saturated carbocycles. The Hall–Kier alpha value is -7.42. The minimum atomic E-state index is -0.122. The maximum absolute atomic E-state index is 6.28. The van der Waals surface area contributed by atoms with Gasteiger partial charge in [-0.3, -0.25) is 0 Å². The van der Waals surface area contributed by atoms with Gasteiger partial charge in [-0.1, -0.05) is 173 Å². The first-order chi connectivity index (χ1) is 30.3. The zero-order valence-electron chi connectivity index (χ0n) is 35.4. The molecule has 2 aliphatic carbocycles. The Kier molecular flexibility index (Phi) is 7.96. The molecule has 62 heavy (non-hydrogen) atoms. The molecule has 0 fully saturated rings. The smallest absolute Gasteiger partial charge is 0.136 e. The molecule has 0 aliphatic heterocycles. The Morgan fingerprint density at radius 2 is 0.887 bits per heavy atom. The highest BCUT2D eigenvalue weighted by molar-refractivity contribution is 6.12. The standard InChI is InChI=1S/C60H45NO/c1-59(2)52-22-8-5-16-47(52)49-35-30-40(37-54(49)59)38-26-31-42(32-27-38)61(43-33-28-39(29-34-43)45-19-13-25-56-57(45)51-18-7-10-24-55(51)62-56)44-15-11-14-41(36-44)46-20-12-21-50-48-17-6-9-23-53(48)60(3,4)58(46)50/h5-37H,1-4H3. The van der Waals surface area contributed by atoms with Crippen LogP contribution in [0, 0.1) is 0 Å². The van der Waals surface area contributed by atoms with Crippen molar-refractivity contribution in [1.29, 1.82) is 0 Å². The summed E-state index contributed by atoms with van der Waals surface area (Å²) < 4.78 is 6.28. The molecule has 0 bridgehead atoms. The average Bonchev–Trinajstić information content (AvgIpc) is 3.89. The quantitative estimate of drug-likeness (QED) is 0.167. The fourth-order valence-electron chi connectivity index (χ4n) is 10.8. The van der Waals surface area contributed by atoms with Crippen molar-refractivity contribution in [3.05, 3.63) is 222 Å². The highest BCUT2D eigenvalue weighted by Gasteiger charge is 2.38. The van der Waals surface area contributed by atoms with Gasteiger partial charge in [0.1, 0.15) is 11.2 Å². The van der Waals surface area contributed by atoms with Crippen LogP contribution in [-0.4, -0.2) is 0 Å². The second-order valence-corrected chi connectivity index (χ2v) is 18.1. The second-order valence-electron chi connectivity index (χ2n) is 18.1. The summed E-state index contributed by atoms with van der Waals surface area (Å²) in [5, 5.41) is 2.28. The number of benzene rings is 9. The van der Waals surface area contributed by atoms with Gasteiger partial charge in [-0.2, -0.15) is 0 Å². The van der Waals surface area contributed by atoms with E-state index in [9.17, 15) is 0 Å². The van der Waals surface area contributed by atoms with Crippen molar-refractivity contribution in [3.8, 4) is 55.6 Å². The number of fused-ring (bicyclic) bond motifs is 9. The lowest BCUT2D eigenvalue weighted by atomic mass is 9.79. The summed E-state index contributed by atoms with van der Waals surface area (Å²) in [6, 6.07) is 73.5. The molecular formula is C60H45NO. The molecule has 0 spiro atoms. The van der Waals surface area contributed by atoms with E-state index in [4.69, 9.17) is 4.42 Å². The topological polar surface area (TPSA) is 16.4 Å². The van der Waals surface area contributed by atoms with E-state index in [0.29, 0.717) is 0 Å². The molecule has 0 atom stereocenters. The van der Waals surface area contributed by atoms with E-state index >= 15 is 0 Å². The molecule has 296 valence electrons. The lowest BCUT2D eigenvalue weighted by Gasteiger charge is -2.28. The normalized spacial score (nSPS) is 14.1. The summed E-state index contributed by atoms with van der Waals surface area (Å²) in [6.07, 6.45) is 0. The van der Waals surface area contributed by atoms with E-state index in [2.05, 4.69) is 221 Å². The summed E-state index contributed by atoms with van der Waals surface area (Å²) in [7, 11) is 0. The minimum absolute atomic E-state index is 0.0526. The lowest BCUT2D eigenvalue weighted by molar-refractivity contribution is 0.660. The zero-order valence-corrected chi connectivity index (χ0v) is 35.4. The van der Waals surface area contributed by atoms with Gasteiger partial charge in [0, 0.05) is 38.7 Å². The van der Waals surface area contributed by atoms with Gasteiger partial charge in [-0.15, -0.1) is 0 Å². The van der Waals surface area contributed by atoms with E-state index in [-0.39, 0.29) is 10.8 Å². The molecule has 2 nitrogen and oxygen atoms in total. The van der Waals surface area contributed by atoms with Gasteiger partial charge >= 0.3 is 0 Å². The summed E-state index contributed by atoms with van der Waals surface area (Å²) >= 11 is 0. The Morgan fingerprint density at radius 1 is 0.339 bits per heavy atom. The maximum atomic E-state index is 6.28. The fraction of sp³-hybridized carbons (Fsp3) is 0.100. The molecule has 0 unspecified atom stereocenters. The Balaban J connectivity index is 0.969. The van der Waals surface area contributed by atoms with Crippen molar-refractivity contribution in [3.63, 3.8) is 0 Å². The number of para-hydroxylation sites is 1. The second kappa shape index (κ2) is 13.5. The van der Waals surface area contributed by atoms with Crippen LogP contribution in [0.15, 0.2) is 205 Å². The fourth-order valence-corrected chi connectivity index (χ4v) is 10.8. The highest BCUT2D eigenvalue weighted by Crippen LogP contribution is 2.53. The number of nitrogens with zero attached hydrogens (tertiary/aromatic N) is 1. The lowest BCUT2D eigenvalue weighted by Crippen LogP contribution is -2.16. The first kappa shape index (κ1) is 36.4. The number of hydrogen-bond acceptors (Lipinski definition) is 2. The number of rotatable bonds is 6. The van der Waals surface area contributed by atoms with Crippen LogP contribution in [-0.2, 0) is 10.8 Å². The zero-order chi connectivity index (χ0) is 41.7. The van der Waals surface area contributed by atoms with Gasteiger partial charge in [0.05, 0.1) is 0 Å². The number of anilines is 3. The van der Waals surface area contributed by atoms with Crippen LogP contribution in [0.5, 0.6) is 0 Å². The Bertz CT molecular complexity index is 3400. The average molecular weight is 796 g/mol. The third kappa shape index (κ3) is 5.43. The van der Waals surface area contributed by atoms with Crippen molar-refractivity contribution in [1.82, 2.24) is 0 Å². The van der Waals surface area contributed by atoms with E-state index in [0.717, 1.165) is 44.6 Å². The summed E-state index contributed by atoms with van der Waals surface area (Å²) in [4.78, 5) is 2.40.